The van der Waals surface area contributed by atoms with E-state index in [4.69, 9.17) is 5.11 Å². The van der Waals surface area contributed by atoms with Gasteiger partial charge in [-0.25, -0.2) is 8.78 Å². The quantitative estimate of drug-likeness (QED) is 0.722. The summed E-state index contributed by atoms with van der Waals surface area (Å²) in [6.07, 6.45) is -0.305. The molecule has 1 atom stereocenters. The van der Waals surface area contributed by atoms with Gasteiger partial charge in [-0.1, -0.05) is 0 Å². The van der Waals surface area contributed by atoms with Gasteiger partial charge < -0.3 is 5.11 Å². The fourth-order valence-corrected chi connectivity index (χ4v) is 1.07. The highest BCUT2D eigenvalue weighted by Gasteiger charge is 2.02. The Bertz CT molecular complexity index is 251. The highest BCUT2D eigenvalue weighted by Crippen LogP contribution is 2.09. The predicted molar refractivity (Wildman–Crippen MR) is 41.7 cm³/mol. The molecule has 3 heteroatoms. The fourth-order valence-electron chi connectivity index (χ4n) is 1.07. The summed E-state index contributed by atoms with van der Waals surface area (Å²) < 4.78 is 25.1. The number of aliphatic hydroxyl groups is 1. The summed E-state index contributed by atoms with van der Waals surface area (Å²) in [6.45, 7) is 1.57. The minimum atomic E-state index is -0.606. The molecule has 1 aromatic carbocycles. The van der Waals surface area contributed by atoms with Crippen molar-refractivity contribution in [1.82, 2.24) is 0 Å². The van der Waals surface area contributed by atoms with E-state index in [9.17, 15) is 8.78 Å². The third kappa shape index (κ3) is 2.58. The zero-order chi connectivity index (χ0) is 9.14. The normalized spacial score (nSPS) is 13.0. The van der Waals surface area contributed by atoms with E-state index >= 15 is 0 Å². The Morgan fingerprint density at radius 2 is 1.75 bits per heavy atom. The van der Waals surface area contributed by atoms with E-state index < -0.39 is 17.7 Å². The lowest BCUT2D eigenvalue weighted by Crippen LogP contribution is -2.04. The number of aliphatic hydroxyl groups excluding tert-OH is 1. The molecule has 1 N–H and O–H groups in total. The molecule has 0 bridgehead atoms. The molecule has 1 aromatic rings. The topological polar surface area (TPSA) is 20.2 Å². The largest absolute Gasteiger partial charge is 0.393 e. The molecular formula is C9H10F2O. The summed E-state index contributed by atoms with van der Waals surface area (Å²) in [5.74, 6) is -1.21. The van der Waals surface area contributed by atoms with Gasteiger partial charge in [-0.3, -0.25) is 0 Å². The van der Waals surface area contributed by atoms with Crippen LogP contribution in [0.2, 0.25) is 0 Å². The highest BCUT2D eigenvalue weighted by molar-refractivity contribution is 5.18. The molecule has 0 saturated carbocycles. The summed E-state index contributed by atoms with van der Waals surface area (Å²) in [5, 5.41) is 8.94. The molecule has 0 aliphatic rings. The number of halogens is 2. The number of hydrogen-bond donors (Lipinski definition) is 1. The van der Waals surface area contributed by atoms with Gasteiger partial charge in [-0.15, -0.1) is 0 Å². The molecule has 66 valence electrons. The van der Waals surface area contributed by atoms with E-state index in [1.165, 1.54) is 12.1 Å². The molecular weight excluding hydrogens is 162 g/mol. The molecule has 1 rings (SSSR count). The molecule has 0 spiro atoms. The molecule has 0 aliphatic carbocycles. The van der Waals surface area contributed by atoms with Gasteiger partial charge in [0.2, 0.25) is 0 Å². The van der Waals surface area contributed by atoms with Crippen LogP contribution in [0.15, 0.2) is 18.2 Å². The van der Waals surface area contributed by atoms with Crippen LogP contribution >= 0.6 is 0 Å². The van der Waals surface area contributed by atoms with Crippen LogP contribution in [-0.4, -0.2) is 11.2 Å². The van der Waals surface area contributed by atoms with Crippen LogP contribution in [0.3, 0.4) is 0 Å². The van der Waals surface area contributed by atoms with E-state index in [-0.39, 0.29) is 6.42 Å². The summed E-state index contributed by atoms with van der Waals surface area (Å²) in [6, 6.07) is 3.25. The van der Waals surface area contributed by atoms with Gasteiger partial charge in [-0.2, -0.15) is 0 Å². The first-order chi connectivity index (χ1) is 5.58. The minimum Gasteiger partial charge on any atom is -0.393 e. The molecule has 0 unspecified atom stereocenters. The third-order valence-corrected chi connectivity index (χ3v) is 1.45. The van der Waals surface area contributed by atoms with Crippen LogP contribution < -0.4 is 0 Å². The second kappa shape index (κ2) is 3.63. The maximum absolute atomic E-state index is 12.6. The van der Waals surface area contributed by atoms with Crippen molar-refractivity contribution in [3.63, 3.8) is 0 Å². The third-order valence-electron chi connectivity index (χ3n) is 1.45. The fraction of sp³-hybridized carbons (Fsp3) is 0.333. The first-order valence-electron chi connectivity index (χ1n) is 3.71. The van der Waals surface area contributed by atoms with Gasteiger partial charge in [0.05, 0.1) is 6.10 Å². The Balaban J connectivity index is 2.85. The molecule has 0 fully saturated rings. The Morgan fingerprint density at radius 1 is 1.25 bits per heavy atom. The second-order valence-electron chi connectivity index (χ2n) is 2.83. The molecule has 12 heavy (non-hydrogen) atoms. The van der Waals surface area contributed by atoms with Crippen LogP contribution in [0.5, 0.6) is 0 Å². The first-order valence-corrected chi connectivity index (χ1v) is 3.71. The summed E-state index contributed by atoms with van der Waals surface area (Å²) >= 11 is 0. The van der Waals surface area contributed by atoms with Crippen LogP contribution in [0.1, 0.15) is 12.5 Å². The lowest BCUT2D eigenvalue weighted by molar-refractivity contribution is 0.195. The van der Waals surface area contributed by atoms with Crippen LogP contribution in [0, 0.1) is 11.6 Å². The summed E-state index contributed by atoms with van der Waals surface area (Å²) in [5.41, 5.74) is 0.475. The van der Waals surface area contributed by atoms with Crippen molar-refractivity contribution in [1.29, 1.82) is 0 Å². The van der Waals surface area contributed by atoms with Crippen molar-refractivity contribution < 1.29 is 13.9 Å². The van der Waals surface area contributed by atoms with E-state index in [1.807, 2.05) is 0 Å². The second-order valence-corrected chi connectivity index (χ2v) is 2.83. The molecule has 0 saturated heterocycles. The van der Waals surface area contributed by atoms with Crippen LogP contribution in [-0.2, 0) is 6.42 Å². The highest BCUT2D eigenvalue weighted by atomic mass is 19.1. The van der Waals surface area contributed by atoms with Crippen molar-refractivity contribution in [2.24, 2.45) is 0 Å². The van der Waals surface area contributed by atoms with Gasteiger partial charge in [0.1, 0.15) is 11.6 Å². The average Bonchev–Trinajstić information content (AvgIpc) is 1.81. The summed E-state index contributed by atoms with van der Waals surface area (Å²) in [7, 11) is 0. The Morgan fingerprint density at radius 3 is 2.17 bits per heavy atom. The van der Waals surface area contributed by atoms with Crippen LogP contribution in [0.4, 0.5) is 8.78 Å². The van der Waals surface area contributed by atoms with Gasteiger partial charge in [0.15, 0.2) is 0 Å². The maximum Gasteiger partial charge on any atom is 0.126 e. The van der Waals surface area contributed by atoms with Gasteiger partial charge in [0.25, 0.3) is 0 Å². The lowest BCUT2D eigenvalue weighted by Gasteiger charge is -2.03. The Hall–Kier alpha value is -0.960. The zero-order valence-electron chi connectivity index (χ0n) is 6.72. The molecule has 0 aliphatic heterocycles. The SMILES string of the molecule is C[C@H](O)Cc1cc(F)cc(F)c1. The smallest absolute Gasteiger partial charge is 0.126 e. The van der Waals surface area contributed by atoms with Crippen molar-refractivity contribution in [2.75, 3.05) is 0 Å². The Labute approximate surface area is 69.7 Å². The van der Waals surface area contributed by atoms with Crippen LogP contribution in [0.25, 0.3) is 0 Å². The van der Waals surface area contributed by atoms with E-state index in [2.05, 4.69) is 0 Å². The number of hydrogen-bond acceptors (Lipinski definition) is 1. The lowest BCUT2D eigenvalue weighted by atomic mass is 10.1. The Kier molecular flexibility index (Phi) is 2.76. The molecule has 0 radical (unpaired) electrons. The van der Waals surface area contributed by atoms with Gasteiger partial charge >= 0.3 is 0 Å². The molecule has 1 nitrogen and oxygen atoms in total. The number of rotatable bonds is 2. The maximum atomic E-state index is 12.6. The minimum absolute atomic E-state index is 0.272. The van der Waals surface area contributed by atoms with Gasteiger partial charge in [-0.05, 0) is 31.0 Å². The van der Waals surface area contributed by atoms with Crippen molar-refractivity contribution >= 4 is 0 Å². The first kappa shape index (κ1) is 9.13. The monoisotopic (exact) mass is 172 g/mol. The zero-order valence-corrected chi connectivity index (χ0v) is 6.72. The average molecular weight is 172 g/mol. The predicted octanol–water partition coefficient (Wildman–Crippen LogP) is 1.89. The van der Waals surface area contributed by atoms with E-state index in [0.29, 0.717) is 5.56 Å². The van der Waals surface area contributed by atoms with Crippen molar-refractivity contribution in [3.8, 4) is 0 Å². The molecule has 0 amide bonds. The molecule has 0 heterocycles. The molecule has 0 aromatic heterocycles. The van der Waals surface area contributed by atoms with Crippen molar-refractivity contribution in [3.05, 3.63) is 35.4 Å². The van der Waals surface area contributed by atoms with E-state index in [1.54, 1.807) is 6.92 Å². The standard InChI is InChI=1S/C9H10F2O/c1-6(12)2-7-3-8(10)5-9(11)4-7/h3-6,12H,2H2,1H3/t6-/m0/s1. The number of benzene rings is 1. The summed E-state index contributed by atoms with van der Waals surface area (Å²) in [4.78, 5) is 0. The van der Waals surface area contributed by atoms with Gasteiger partial charge in [0, 0.05) is 6.07 Å². The van der Waals surface area contributed by atoms with Crippen molar-refractivity contribution in [2.45, 2.75) is 19.4 Å². The van der Waals surface area contributed by atoms with E-state index in [0.717, 1.165) is 6.07 Å².